The molecule has 0 saturated carbocycles. The predicted molar refractivity (Wildman–Crippen MR) is 118 cm³/mol. The molecule has 0 saturated heterocycles. The van der Waals surface area contributed by atoms with Crippen LogP contribution in [0.2, 0.25) is 0 Å². The Morgan fingerprint density at radius 3 is 1.97 bits per heavy atom. The van der Waals surface area contributed by atoms with E-state index in [9.17, 15) is 19.5 Å². The van der Waals surface area contributed by atoms with E-state index in [0.717, 1.165) is 16.7 Å². The maximum Gasteiger partial charge on any atom is 0.407 e. The maximum atomic E-state index is 12.4. The van der Waals surface area contributed by atoms with Gasteiger partial charge in [-0.1, -0.05) is 36.4 Å². The highest BCUT2D eigenvalue weighted by atomic mass is 16.6. The molecular weight excluding hydrogens is 414 g/mol. The van der Waals surface area contributed by atoms with Crippen LogP contribution in [0.5, 0.6) is 0 Å². The van der Waals surface area contributed by atoms with Crippen molar-refractivity contribution in [3.05, 3.63) is 59.7 Å². The zero-order valence-electron chi connectivity index (χ0n) is 18.5. The Kier molecular flexibility index (Phi) is 8.34. The van der Waals surface area contributed by atoms with Crippen LogP contribution in [0.4, 0.5) is 4.79 Å². The molecule has 0 heterocycles. The molecule has 5 N–H and O–H groups in total. The minimum absolute atomic E-state index is 0.295. The fourth-order valence-corrected chi connectivity index (χ4v) is 2.82. The van der Waals surface area contributed by atoms with Gasteiger partial charge in [0.25, 0.3) is 11.8 Å². The lowest BCUT2D eigenvalue weighted by Gasteiger charge is -2.19. The summed E-state index contributed by atoms with van der Waals surface area (Å²) in [5.74, 6) is -1.47. The Bertz CT molecular complexity index is 934. The van der Waals surface area contributed by atoms with Crippen molar-refractivity contribution in [2.75, 3.05) is 0 Å². The van der Waals surface area contributed by atoms with Gasteiger partial charge in [-0.15, -0.1) is 0 Å². The molecule has 2 aromatic rings. The monoisotopic (exact) mass is 443 g/mol. The van der Waals surface area contributed by atoms with E-state index in [-0.39, 0.29) is 0 Å². The molecule has 9 nitrogen and oxygen atoms in total. The molecule has 172 valence electrons. The topological polar surface area (TPSA) is 137 Å². The largest absolute Gasteiger partial charge is 0.444 e. The van der Waals surface area contributed by atoms with E-state index in [4.69, 9.17) is 9.94 Å². The Morgan fingerprint density at radius 2 is 1.50 bits per heavy atom. The van der Waals surface area contributed by atoms with Gasteiger partial charge in [0, 0.05) is 12.1 Å². The second-order valence-corrected chi connectivity index (χ2v) is 8.30. The van der Waals surface area contributed by atoms with Crippen LogP contribution in [-0.4, -0.2) is 46.0 Å². The van der Waals surface area contributed by atoms with Crippen LogP contribution in [0.1, 0.15) is 43.6 Å². The number of ether oxygens (including phenoxy) is 1. The molecule has 0 fully saturated rings. The number of amides is 3. The van der Waals surface area contributed by atoms with Crippen molar-refractivity contribution in [1.82, 2.24) is 16.1 Å². The molecule has 0 aliphatic rings. The highest BCUT2D eigenvalue weighted by Crippen LogP contribution is 2.20. The average Bonchev–Trinajstić information content (AvgIpc) is 2.74. The minimum Gasteiger partial charge on any atom is -0.444 e. The van der Waals surface area contributed by atoms with Gasteiger partial charge >= 0.3 is 6.09 Å². The Balaban J connectivity index is 1.99. The van der Waals surface area contributed by atoms with Gasteiger partial charge in [-0.2, -0.15) is 0 Å². The fraction of sp³-hybridized carbons (Fsp3) is 0.348. The molecule has 0 aliphatic heterocycles. The molecule has 0 unspecified atom stereocenters. The Labute approximate surface area is 186 Å². The maximum absolute atomic E-state index is 12.4. The van der Waals surface area contributed by atoms with Gasteiger partial charge in [0.05, 0.1) is 6.10 Å². The number of hydrogen-bond donors (Lipinski definition) is 5. The second kappa shape index (κ2) is 10.7. The summed E-state index contributed by atoms with van der Waals surface area (Å²) in [5, 5.41) is 23.4. The first-order chi connectivity index (χ1) is 15.0. The van der Waals surface area contributed by atoms with Crippen molar-refractivity contribution in [2.24, 2.45) is 0 Å². The van der Waals surface area contributed by atoms with Gasteiger partial charge in [0.2, 0.25) is 0 Å². The quantitative estimate of drug-likeness (QED) is 0.329. The second-order valence-electron chi connectivity index (χ2n) is 8.30. The molecule has 32 heavy (non-hydrogen) atoms. The van der Waals surface area contributed by atoms with E-state index in [1.807, 2.05) is 24.3 Å². The minimum atomic E-state index is -1.28. The lowest BCUT2D eigenvalue weighted by atomic mass is 10.0. The molecule has 0 bridgehead atoms. The van der Waals surface area contributed by atoms with Crippen LogP contribution >= 0.6 is 0 Å². The SMILES string of the molecule is C[C@@H](O)[C@H](NC(=O)c1ccc(-c2ccc(CNC(=O)OC(C)(C)C)cc2)cc1)C(=O)NO. The van der Waals surface area contributed by atoms with Crippen molar-refractivity contribution in [3.63, 3.8) is 0 Å². The first kappa shape index (κ1) is 24.8. The molecular formula is C23H29N3O6. The number of rotatable bonds is 7. The van der Waals surface area contributed by atoms with Crippen LogP contribution in [-0.2, 0) is 16.1 Å². The van der Waals surface area contributed by atoms with Crippen molar-refractivity contribution in [2.45, 2.75) is 52.0 Å². The molecule has 3 amide bonds. The van der Waals surface area contributed by atoms with E-state index >= 15 is 0 Å². The number of carbonyl (C=O) groups excluding carboxylic acids is 3. The summed E-state index contributed by atoms with van der Waals surface area (Å²) in [6, 6.07) is 13.0. The molecule has 2 rings (SSSR count). The van der Waals surface area contributed by atoms with Crippen LogP contribution in [0.3, 0.4) is 0 Å². The molecule has 0 aromatic heterocycles. The van der Waals surface area contributed by atoms with Crippen molar-refractivity contribution in [3.8, 4) is 11.1 Å². The summed E-state index contributed by atoms with van der Waals surface area (Å²) in [5.41, 5.74) is 3.85. The highest BCUT2D eigenvalue weighted by molar-refractivity contribution is 5.97. The summed E-state index contributed by atoms with van der Waals surface area (Å²) >= 11 is 0. The Morgan fingerprint density at radius 1 is 0.969 bits per heavy atom. The molecule has 2 aromatic carbocycles. The fourth-order valence-electron chi connectivity index (χ4n) is 2.82. The summed E-state index contributed by atoms with van der Waals surface area (Å²) < 4.78 is 5.21. The first-order valence-electron chi connectivity index (χ1n) is 10.1. The number of benzene rings is 2. The molecule has 2 atom stereocenters. The number of alkyl carbamates (subject to hydrolysis) is 1. The van der Waals surface area contributed by atoms with Gasteiger partial charge in [0.1, 0.15) is 11.6 Å². The van der Waals surface area contributed by atoms with Crippen LogP contribution in [0.25, 0.3) is 11.1 Å². The van der Waals surface area contributed by atoms with Crippen LogP contribution in [0.15, 0.2) is 48.5 Å². The number of hydrogen-bond acceptors (Lipinski definition) is 6. The van der Waals surface area contributed by atoms with Crippen molar-refractivity contribution >= 4 is 17.9 Å². The highest BCUT2D eigenvalue weighted by Gasteiger charge is 2.25. The first-order valence-corrected chi connectivity index (χ1v) is 10.1. The number of hydroxylamine groups is 1. The van der Waals surface area contributed by atoms with Gasteiger partial charge in [-0.25, -0.2) is 10.3 Å². The van der Waals surface area contributed by atoms with E-state index in [2.05, 4.69) is 10.6 Å². The molecule has 9 heteroatoms. The van der Waals surface area contributed by atoms with Gasteiger partial charge in [0.15, 0.2) is 0 Å². The number of carbonyl (C=O) groups is 3. The van der Waals surface area contributed by atoms with Gasteiger partial charge in [-0.3, -0.25) is 14.8 Å². The van der Waals surface area contributed by atoms with E-state index in [1.165, 1.54) is 12.4 Å². The molecule has 0 radical (unpaired) electrons. The summed E-state index contributed by atoms with van der Waals surface area (Å²) in [4.78, 5) is 35.7. The zero-order valence-corrected chi connectivity index (χ0v) is 18.5. The van der Waals surface area contributed by atoms with E-state index < -0.39 is 35.7 Å². The van der Waals surface area contributed by atoms with E-state index in [1.54, 1.807) is 45.0 Å². The normalized spacial score (nSPS) is 12.9. The third-order valence-electron chi connectivity index (χ3n) is 4.43. The van der Waals surface area contributed by atoms with Crippen LogP contribution in [0, 0.1) is 0 Å². The number of aliphatic hydroxyl groups is 1. The molecule has 0 aliphatic carbocycles. The summed E-state index contributed by atoms with van der Waals surface area (Å²) in [6.07, 6.45) is -1.67. The number of nitrogens with one attached hydrogen (secondary N) is 3. The predicted octanol–water partition coefficient (Wildman–Crippen LogP) is 2.36. The number of aliphatic hydroxyl groups excluding tert-OH is 1. The third kappa shape index (κ3) is 7.36. The molecule has 0 spiro atoms. The summed E-state index contributed by atoms with van der Waals surface area (Å²) in [6.45, 7) is 7.06. The smallest absolute Gasteiger partial charge is 0.407 e. The van der Waals surface area contributed by atoms with E-state index in [0.29, 0.717) is 12.1 Å². The zero-order chi connectivity index (χ0) is 23.9. The van der Waals surface area contributed by atoms with Crippen molar-refractivity contribution < 1.29 is 29.4 Å². The van der Waals surface area contributed by atoms with Crippen LogP contribution < -0.4 is 16.1 Å². The average molecular weight is 444 g/mol. The lowest BCUT2D eigenvalue weighted by Crippen LogP contribution is -2.51. The van der Waals surface area contributed by atoms with Gasteiger partial charge in [-0.05, 0) is 56.5 Å². The summed E-state index contributed by atoms with van der Waals surface area (Å²) in [7, 11) is 0. The van der Waals surface area contributed by atoms with Crippen molar-refractivity contribution in [1.29, 1.82) is 0 Å². The van der Waals surface area contributed by atoms with Gasteiger partial charge < -0.3 is 20.5 Å². The third-order valence-corrected chi connectivity index (χ3v) is 4.43. The lowest BCUT2D eigenvalue weighted by molar-refractivity contribution is -0.133. The standard InChI is InChI=1S/C23H29N3O6/c1-14(27)19(21(29)26-31)25-20(28)18-11-9-17(10-12-18)16-7-5-15(6-8-16)13-24-22(30)32-23(2,3)4/h5-12,14,19,27,31H,13H2,1-4H3,(H,24,30)(H,25,28)(H,26,29)/t14-,19+/m1/s1. The Hall–Kier alpha value is -3.43.